The summed E-state index contributed by atoms with van der Waals surface area (Å²) in [4.78, 5) is 13.4. The molecular formula is C15H27NO5S. The van der Waals surface area contributed by atoms with Gasteiger partial charge in [0.05, 0.1) is 36.1 Å². The number of ketones is 1. The Hall–Kier alpha value is -0.500. The summed E-state index contributed by atoms with van der Waals surface area (Å²) < 4.78 is 37.8. The summed E-state index contributed by atoms with van der Waals surface area (Å²) in [7, 11) is -2.13. The predicted octanol–water partition coefficient (Wildman–Crippen LogP) is -0.542. The van der Waals surface area contributed by atoms with Gasteiger partial charge in [0.15, 0.2) is 0 Å². The maximum absolute atomic E-state index is 11.8. The van der Waals surface area contributed by atoms with Gasteiger partial charge in [0.1, 0.15) is 18.9 Å². The zero-order valence-corrected chi connectivity index (χ0v) is 14.5. The number of morpholine rings is 1. The lowest BCUT2D eigenvalue weighted by molar-refractivity contribution is -0.888. The topological polar surface area (TPSA) is 87.9 Å². The summed E-state index contributed by atoms with van der Waals surface area (Å²) in [6.07, 6.45) is 1.88. The van der Waals surface area contributed by atoms with E-state index in [1.165, 1.54) is 13.1 Å². The van der Waals surface area contributed by atoms with Gasteiger partial charge in [-0.15, -0.1) is 0 Å². The minimum Gasteiger partial charge on any atom is -0.748 e. The van der Waals surface area contributed by atoms with Gasteiger partial charge in [-0.05, 0) is 24.2 Å². The first-order chi connectivity index (χ1) is 10.1. The van der Waals surface area contributed by atoms with Gasteiger partial charge in [0.2, 0.25) is 0 Å². The lowest BCUT2D eigenvalue weighted by Crippen LogP contribution is -3.11. The van der Waals surface area contributed by atoms with Crippen LogP contribution in [-0.4, -0.2) is 57.9 Å². The summed E-state index contributed by atoms with van der Waals surface area (Å²) in [5.41, 5.74) is -1.22. The van der Waals surface area contributed by atoms with E-state index in [1.807, 2.05) is 13.8 Å². The van der Waals surface area contributed by atoms with Crippen LogP contribution in [0, 0.1) is 16.7 Å². The van der Waals surface area contributed by atoms with Crippen LogP contribution in [0.1, 0.15) is 33.1 Å². The molecule has 0 aromatic heterocycles. The Bertz CT molecular complexity index is 524. The molecule has 2 bridgehead atoms. The summed E-state index contributed by atoms with van der Waals surface area (Å²) in [6.45, 7) is 8.10. The third-order valence-electron chi connectivity index (χ3n) is 5.91. The monoisotopic (exact) mass is 333 g/mol. The molecule has 1 N–H and O–H groups in total. The normalized spacial score (nSPS) is 34.4. The Morgan fingerprint density at radius 2 is 1.91 bits per heavy atom. The molecule has 1 saturated heterocycles. The molecule has 7 heteroatoms. The van der Waals surface area contributed by atoms with Crippen LogP contribution in [0.3, 0.4) is 0 Å². The summed E-state index contributed by atoms with van der Waals surface area (Å²) in [5.74, 6) is -0.280. The van der Waals surface area contributed by atoms with Crippen LogP contribution < -0.4 is 4.90 Å². The third kappa shape index (κ3) is 3.37. The highest BCUT2D eigenvalue weighted by molar-refractivity contribution is 7.85. The number of carbonyl (C=O) groups excluding carboxylic acids is 1. The second kappa shape index (κ2) is 6.19. The second-order valence-corrected chi connectivity index (χ2v) is 8.84. The fraction of sp³-hybridized carbons (Fsp3) is 0.933. The van der Waals surface area contributed by atoms with E-state index >= 15 is 0 Å². The molecule has 128 valence electrons. The Morgan fingerprint density at radius 3 is 2.23 bits per heavy atom. The second-order valence-electron chi connectivity index (χ2n) is 7.44. The Labute approximate surface area is 133 Å². The van der Waals surface area contributed by atoms with Gasteiger partial charge >= 0.3 is 0 Å². The Kier molecular flexibility index (Phi) is 5.02. The Balaban J connectivity index is 0.000000211. The van der Waals surface area contributed by atoms with Crippen molar-refractivity contribution in [3.63, 3.8) is 0 Å². The molecule has 3 fully saturated rings. The van der Waals surface area contributed by atoms with Crippen molar-refractivity contribution in [3.8, 4) is 0 Å². The zero-order chi connectivity index (χ0) is 16.6. The average molecular weight is 333 g/mol. The van der Waals surface area contributed by atoms with E-state index in [9.17, 15) is 17.8 Å². The fourth-order valence-electron chi connectivity index (χ4n) is 4.13. The van der Waals surface area contributed by atoms with Gasteiger partial charge in [-0.3, -0.25) is 4.79 Å². The number of rotatable bonds is 2. The molecule has 0 aromatic carbocycles. The molecular weight excluding hydrogens is 306 g/mol. The first-order valence-electron chi connectivity index (χ1n) is 7.94. The van der Waals surface area contributed by atoms with Gasteiger partial charge in [-0.25, -0.2) is 8.42 Å². The number of hydrogen-bond acceptors (Lipinski definition) is 5. The van der Waals surface area contributed by atoms with E-state index in [0.29, 0.717) is 12.8 Å². The first-order valence-corrected chi connectivity index (χ1v) is 9.52. The van der Waals surface area contributed by atoms with Gasteiger partial charge in [0.25, 0.3) is 0 Å². The van der Waals surface area contributed by atoms with Crippen molar-refractivity contribution in [2.75, 3.05) is 39.1 Å². The Morgan fingerprint density at radius 1 is 1.32 bits per heavy atom. The molecule has 1 heterocycles. The van der Waals surface area contributed by atoms with Crippen LogP contribution in [-0.2, 0) is 19.6 Å². The van der Waals surface area contributed by atoms with Crippen molar-refractivity contribution >= 4 is 15.9 Å². The molecule has 2 unspecified atom stereocenters. The van der Waals surface area contributed by atoms with Crippen molar-refractivity contribution in [2.45, 2.75) is 33.1 Å². The van der Waals surface area contributed by atoms with E-state index < -0.39 is 21.3 Å². The van der Waals surface area contributed by atoms with Crippen LogP contribution >= 0.6 is 0 Å². The first kappa shape index (κ1) is 17.8. The maximum Gasteiger partial charge on any atom is 0.140 e. The van der Waals surface area contributed by atoms with Crippen LogP contribution in [0.4, 0.5) is 0 Å². The van der Waals surface area contributed by atoms with E-state index in [0.717, 1.165) is 19.6 Å². The van der Waals surface area contributed by atoms with Gasteiger partial charge < -0.3 is 14.2 Å². The molecule has 6 nitrogen and oxygen atoms in total. The number of fused-ring (bicyclic) bond motifs is 2. The molecule has 22 heavy (non-hydrogen) atoms. The molecule has 1 aliphatic heterocycles. The molecule has 3 aliphatic rings. The van der Waals surface area contributed by atoms with Crippen LogP contribution in [0.25, 0.3) is 0 Å². The molecule has 2 atom stereocenters. The van der Waals surface area contributed by atoms with E-state index in [4.69, 9.17) is 4.74 Å². The number of nitrogens with one attached hydrogen (secondary N) is 1. The SMILES string of the molecule is CC1(C)C2CCC1(CS(=O)(=O)[O-])C(=O)C2.C[NH+]1CCOCC1. The molecule has 0 radical (unpaired) electrons. The number of ether oxygens (including phenoxy) is 1. The van der Waals surface area contributed by atoms with E-state index in [1.54, 1.807) is 4.90 Å². The zero-order valence-electron chi connectivity index (χ0n) is 13.7. The standard InChI is InChI=1S/C10H16O4S.C5H11NO/c1-9(2)7-3-4-10(9,8(11)5-7)6-15(12,13)14;1-6-2-4-7-5-3-6/h7H,3-6H2,1-2H3,(H,12,13,14);2-5H2,1H3. The van der Waals surface area contributed by atoms with Crippen LogP contribution in [0.5, 0.6) is 0 Å². The third-order valence-corrected chi connectivity index (χ3v) is 6.76. The van der Waals surface area contributed by atoms with Gasteiger partial charge in [-0.2, -0.15) is 0 Å². The number of carbonyl (C=O) groups is 1. The number of Topliss-reactive ketones (excluding diaryl/α,β-unsaturated/α-hetero) is 1. The molecule has 0 aromatic rings. The van der Waals surface area contributed by atoms with Crippen LogP contribution in [0.15, 0.2) is 0 Å². The largest absolute Gasteiger partial charge is 0.748 e. The smallest absolute Gasteiger partial charge is 0.140 e. The molecule has 0 amide bonds. The highest BCUT2D eigenvalue weighted by Crippen LogP contribution is 2.64. The highest BCUT2D eigenvalue weighted by atomic mass is 32.2. The number of hydrogen-bond donors (Lipinski definition) is 1. The van der Waals surface area contributed by atoms with Crippen LogP contribution in [0.2, 0.25) is 0 Å². The average Bonchev–Trinajstić information content (AvgIpc) is 2.72. The van der Waals surface area contributed by atoms with Crippen molar-refractivity contribution in [1.82, 2.24) is 0 Å². The number of likely N-dealkylation sites (N-methyl/N-ethyl adjacent to an activating group) is 1. The van der Waals surface area contributed by atoms with Gasteiger partial charge in [0, 0.05) is 11.8 Å². The molecule has 2 saturated carbocycles. The molecule has 3 rings (SSSR count). The lowest BCUT2D eigenvalue weighted by Gasteiger charge is -2.37. The fourth-order valence-corrected chi connectivity index (χ4v) is 5.41. The number of quaternary nitrogens is 1. The summed E-state index contributed by atoms with van der Waals surface area (Å²) in [5, 5.41) is 0. The maximum atomic E-state index is 11.8. The van der Waals surface area contributed by atoms with Crippen molar-refractivity contribution in [2.24, 2.45) is 16.7 Å². The quantitative estimate of drug-likeness (QED) is 0.686. The minimum atomic E-state index is -4.33. The van der Waals surface area contributed by atoms with Crippen molar-refractivity contribution in [1.29, 1.82) is 0 Å². The summed E-state index contributed by atoms with van der Waals surface area (Å²) >= 11 is 0. The van der Waals surface area contributed by atoms with Crippen molar-refractivity contribution < 1.29 is 27.4 Å². The highest BCUT2D eigenvalue weighted by Gasteiger charge is 2.64. The molecule has 2 aliphatic carbocycles. The van der Waals surface area contributed by atoms with Gasteiger partial charge in [-0.1, -0.05) is 13.8 Å². The van der Waals surface area contributed by atoms with E-state index in [2.05, 4.69) is 7.05 Å². The predicted molar refractivity (Wildman–Crippen MR) is 80.6 cm³/mol. The lowest BCUT2D eigenvalue weighted by atomic mass is 9.70. The van der Waals surface area contributed by atoms with E-state index in [-0.39, 0.29) is 17.1 Å². The summed E-state index contributed by atoms with van der Waals surface area (Å²) in [6, 6.07) is 0. The van der Waals surface area contributed by atoms with Crippen molar-refractivity contribution in [3.05, 3.63) is 0 Å². The minimum absolute atomic E-state index is 0.0248. The molecule has 0 spiro atoms.